The molecular weight excluding hydrogens is 396 g/mol. The van der Waals surface area contributed by atoms with Gasteiger partial charge in [-0.05, 0) is 38.9 Å². The molecule has 1 unspecified atom stereocenters. The van der Waals surface area contributed by atoms with Crippen molar-refractivity contribution in [3.63, 3.8) is 0 Å². The van der Waals surface area contributed by atoms with Gasteiger partial charge in [0.1, 0.15) is 11.5 Å². The van der Waals surface area contributed by atoms with Gasteiger partial charge in [-0.3, -0.25) is 14.2 Å². The molecule has 1 aliphatic heterocycles. The Bertz CT molecular complexity index is 1060. The first kappa shape index (κ1) is 21.0. The lowest BCUT2D eigenvalue weighted by Gasteiger charge is -2.21. The second-order valence-corrected chi connectivity index (χ2v) is 7.88. The van der Waals surface area contributed by atoms with Gasteiger partial charge in [-0.15, -0.1) is 0 Å². The molecule has 0 aromatic carbocycles. The zero-order valence-corrected chi connectivity index (χ0v) is 18.3. The lowest BCUT2D eigenvalue weighted by Crippen LogP contribution is -2.30. The predicted octanol–water partition coefficient (Wildman–Crippen LogP) is 1.48. The van der Waals surface area contributed by atoms with Gasteiger partial charge in [0.05, 0.1) is 25.2 Å². The Balaban J connectivity index is 1.43. The molecule has 2 fully saturated rings. The summed E-state index contributed by atoms with van der Waals surface area (Å²) in [5, 5.41) is 6.27. The van der Waals surface area contributed by atoms with E-state index in [0.29, 0.717) is 46.8 Å². The Morgan fingerprint density at radius 2 is 2.10 bits per heavy atom. The molecule has 3 heterocycles. The minimum absolute atomic E-state index is 0.290. The van der Waals surface area contributed by atoms with Crippen molar-refractivity contribution in [2.45, 2.75) is 26.8 Å². The van der Waals surface area contributed by atoms with Crippen LogP contribution in [0.5, 0.6) is 5.88 Å². The molecule has 2 N–H and O–H groups in total. The van der Waals surface area contributed by atoms with E-state index in [1.807, 2.05) is 13.1 Å². The maximum absolute atomic E-state index is 12.6. The predicted molar refractivity (Wildman–Crippen MR) is 120 cm³/mol. The number of amides is 1. The first-order chi connectivity index (χ1) is 14.9. The molecule has 1 saturated heterocycles. The Kier molecular flexibility index (Phi) is 5.73. The van der Waals surface area contributed by atoms with Crippen molar-refractivity contribution in [1.82, 2.24) is 24.6 Å². The third-order valence-electron chi connectivity index (χ3n) is 5.78. The third-order valence-corrected chi connectivity index (χ3v) is 5.78. The van der Waals surface area contributed by atoms with Gasteiger partial charge in [0.2, 0.25) is 5.65 Å². The molecule has 10 heteroatoms. The highest BCUT2D eigenvalue weighted by atomic mass is 16.5. The quantitative estimate of drug-likeness (QED) is 0.622. The van der Waals surface area contributed by atoms with Crippen LogP contribution in [0.2, 0.25) is 0 Å². The van der Waals surface area contributed by atoms with Crippen molar-refractivity contribution in [2.24, 2.45) is 21.8 Å². The number of hydrogen-bond acceptors (Lipinski definition) is 8. The molecule has 1 saturated carbocycles. The van der Waals surface area contributed by atoms with E-state index in [0.717, 1.165) is 25.3 Å². The molecular formula is C21H28N8O2. The summed E-state index contributed by atoms with van der Waals surface area (Å²) in [6.07, 6.45) is 5.13. The summed E-state index contributed by atoms with van der Waals surface area (Å²) >= 11 is 0. The fourth-order valence-electron chi connectivity index (χ4n) is 4.18. The van der Waals surface area contributed by atoms with Crippen molar-refractivity contribution < 1.29 is 9.53 Å². The van der Waals surface area contributed by atoms with E-state index in [9.17, 15) is 4.79 Å². The van der Waals surface area contributed by atoms with Crippen LogP contribution in [0.15, 0.2) is 34.4 Å². The SMILES string of the molecule is C=N/C(=C\N=C(C)C(=O)Nc1cn2cc(C)nc2c(OC)n1)N1C[C@@H]2C(NCC)[C@@H]2C1. The number of carbonyl (C=O) groups excluding carboxylic acids is 1. The van der Waals surface area contributed by atoms with E-state index < -0.39 is 0 Å². The number of aromatic nitrogens is 3. The summed E-state index contributed by atoms with van der Waals surface area (Å²) in [6.45, 7) is 12.2. The van der Waals surface area contributed by atoms with Crippen LogP contribution in [0.3, 0.4) is 0 Å². The standard InChI is InChI=1S/C21H28N8O2/c1-6-23-18-14-9-28(10-15(14)18)17(22-4)7-24-13(3)20(30)26-16-11-29-8-12(2)25-19(29)21(27-16)31-5/h7-8,11,14-15,18,23H,4,6,9-10H2,1-3,5H3,(H,26,30)/b17-7+,24-13?/t14-,15+,18?. The Morgan fingerprint density at radius 3 is 2.74 bits per heavy atom. The number of rotatable bonds is 8. The topological polar surface area (TPSA) is 109 Å². The number of carbonyl (C=O) groups is 1. The van der Waals surface area contributed by atoms with E-state index in [2.05, 4.69) is 49.1 Å². The molecule has 1 amide bonds. The average Bonchev–Trinajstić information content (AvgIpc) is 3.07. The number of ether oxygens (including phenoxy) is 1. The fraction of sp³-hybridized carbons (Fsp3) is 0.476. The highest BCUT2D eigenvalue weighted by Crippen LogP contribution is 2.46. The van der Waals surface area contributed by atoms with Gasteiger partial charge < -0.3 is 20.3 Å². The third kappa shape index (κ3) is 4.15. The van der Waals surface area contributed by atoms with Crippen molar-refractivity contribution in [3.8, 4) is 5.88 Å². The Morgan fingerprint density at radius 1 is 1.35 bits per heavy atom. The molecule has 3 atom stereocenters. The molecule has 0 bridgehead atoms. The minimum atomic E-state index is -0.359. The second kappa shape index (κ2) is 8.46. The Labute approximate surface area is 181 Å². The molecule has 164 valence electrons. The number of nitrogens with zero attached hydrogens (tertiary/aromatic N) is 6. The van der Waals surface area contributed by atoms with Gasteiger partial charge in [-0.2, -0.15) is 4.98 Å². The first-order valence-electron chi connectivity index (χ1n) is 10.4. The number of methoxy groups -OCH3 is 1. The van der Waals surface area contributed by atoms with Gasteiger partial charge in [-0.1, -0.05) is 6.92 Å². The molecule has 31 heavy (non-hydrogen) atoms. The highest BCUT2D eigenvalue weighted by Gasteiger charge is 2.55. The number of aliphatic imine (C=N–C) groups is 2. The summed E-state index contributed by atoms with van der Waals surface area (Å²) in [7, 11) is 1.52. The zero-order chi connectivity index (χ0) is 22.1. The first-order valence-corrected chi connectivity index (χ1v) is 10.4. The van der Waals surface area contributed by atoms with Crippen molar-refractivity contribution >= 4 is 29.8 Å². The summed E-state index contributed by atoms with van der Waals surface area (Å²) in [5.41, 5.74) is 1.71. The number of likely N-dealkylation sites (tertiary alicyclic amines) is 1. The van der Waals surface area contributed by atoms with E-state index in [-0.39, 0.29) is 5.91 Å². The maximum Gasteiger partial charge on any atom is 0.270 e. The number of anilines is 1. The largest absolute Gasteiger partial charge is 0.478 e. The lowest BCUT2D eigenvalue weighted by molar-refractivity contribution is -0.110. The lowest BCUT2D eigenvalue weighted by atomic mass is 10.3. The molecule has 2 aliphatic rings. The van der Waals surface area contributed by atoms with Crippen LogP contribution in [0.1, 0.15) is 19.5 Å². The van der Waals surface area contributed by atoms with Crippen LogP contribution >= 0.6 is 0 Å². The van der Waals surface area contributed by atoms with Gasteiger partial charge in [0.25, 0.3) is 11.8 Å². The number of hydrogen-bond donors (Lipinski definition) is 2. The van der Waals surface area contributed by atoms with E-state index in [1.165, 1.54) is 7.11 Å². The van der Waals surface area contributed by atoms with Gasteiger partial charge >= 0.3 is 0 Å². The van der Waals surface area contributed by atoms with E-state index in [4.69, 9.17) is 4.74 Å². The zero-order valence-electron chi connectivity index (χ0n) is 18.3. The normalized spacial score (nSPS) is 23.1. The molecule has 1 aliphatic carbocycles. The average molecular weight is 425 g/mol. The molecule has 4 rings (SSSR count). The van der Waals surface area contributed by atoms with E-state index >= 15 is 0 Å². The summed E-state index contributed by atoms with van der Waals surface area (Å²) in [5.74, 6) is 2.32. The molecule has 0 radical (unpaired) electrons. The Hall–Kier alpha value is -3.27. The number of fused-ring (bicyclic) bond motifs is 2. The van der Waals surface area contributed by atoms with Gasteiger partial charge in [-0.25, -0.2) is 9.98 Å². The maximum atomic E-state index is 12.6. The second-order valence-electron chi connectivity index (χ2n) is 7.88. The van der Waals surface area contributed by atoms with Crippen molar-refractivity contribution in [3.05, 3.63) is 30.1 Å². The summed E-state index contributed by atoms with van der Waals surface area (Å²) < 4.78 is 7.06. The number of piperidine rings is 1. The monoisotopic (exact) mass is 424 g/mol. The smallest absolute Gasteiger partial charge is 0.270 e. The van der Waals surface area contributed by atoms with Crippen LogP contribution in [-0.2, 0) is 4.79 Å². The summed E-state index contributed by atoms with van der Waals surface area (Å²) in [6, 6.07) is 0.615. The van der Waals surface area contributed by atoms with Crippen LogP contribution < -0.4 is 15.4 Å². The van der Waals surface area contributed by atoms with Crippen LogP contribution in [0.25, 0.3) is 5.65 Å². The minimum Gasteiger partial charge on any atom is -0.478 e. The molecule has 2 aromatic rings. The van der Waals surface area contributed by atoms with Gasteiger partial charge in [0.15, 0.2) is 5.82 Å². The molecule has 0 spiro atoms. The number of imidazole rings is 1. The summed E-state index contributed by atoms with van der Waals surface area (Å²) in [4.78, 5) is 31.9. The van der Waals surface area contributed by atoms with E-state index in [1.54, 1.807) is 23.7 Å². The van der Waals surface area contributed by atoms with Crippen LogP contribution in [0.4, 0.5) is 5.82 Å². The van der Waals surface area contributed by atoms with Crippen LogP contribution in [0, 0.1) is 18.8 Å². The fourth-order valence-corrected chi connectivity index (χ4v) is 4.18. The molecule has 10 nitrogen and oxygen atoms in total. The molecule has 2 aromatic heterocycles. The van der Waals surface area contributed by atoms with Gasteiger partial charge in [0, 0.05) is 25.3 Å². The highest BCUT2D eigenvalue weighted by molar-refractivity contribution is 6.42. The van der Waals surface area contributed by atoms with Crippen LogP contribution in [-0.4, -0.2) is 70.4 Å². The number of aryl methyl sites for hydroxylation is 1. The number of nitrogens with one attached hydrogen (secondary N) is 2. The van der Waals surface area contributed by atoms with Crippen molar-refractivity contribution in [1.29, 1.82) is 0 Å². The van der Waals surface area contributed by atoms with Crippen molar-refractivity contribution in [2.75, 3.05) is 32.1 Å².